The van der Waals surface area contributed by atoms with Crippen LogP contribution in [0.3, 0.4) is 0 Å². The van der Waals surface area contributed by atoms with E-state index in [4.69, 9.17) is 9.25 Å². The molecule has 0 aliphatic rings. The number of rotatable bonds is 6. The van der Waals surface area contributed by atoms with Crippen molar-refractivity contribution >= 4 is 50.5 Å². The summed E-state index contributed by atoms with van der Waals surface area (Å²) >= 11 is -1.83. The molecule has 2 heterocycles. The van der Waals surface area contributed by atoms with Gasteiger partial charge >= 0.3 is 5.91 Å². The van der Waals surface area contributed by atoms with Crippen LogP contribution in [0.5, 0.6) is 0 Å². The summed E-state index contributed by atoms with van der Waals surface area (Å²) in [6.45, 7) is 0. The van der Waals surface area contributed by atoms with E-state index in [9.17, 15) is 9.35 Å². The zero-order valence-corrected chi connectivity index (χ0v) is 17.4. The van der Waals surface area contributed by atoms with Crippen molar-refractivity contribution < 1.29 is 18.6 Å². The lowest BCUT2D eigenvalue weighted by Crippen LogP contribution is -2.30. The maximum atomic E-state index is 12.9. The molecule has 4 rings (SSSR count). The van der Waals surface area contributed by atoms with Gasteiger partial charge in [0.15, 0.2) is 5.76 Å². The molecular weight excluding hydrogens is 404 g/mol. The van der Waals surface area contributed by atoms with Crippen LogP contribution in [0, 0.1) is 0 Å². The van der Waals surface area contributed by atoms with E-state index in [-0.39, 0.29) is 5.76 Å². The minimum atomic E-state index is -1.83. The Morgan fingerprint density at radius 1 is 1.20 bits per heavy atom. The number of aromatic nitrogens is 1. The molecular formula is C21H20N4O4S. The molecule has 1 atom stereocenters. The zero-order valence-electron chi connectivity index (χ0n) is 16.6. The number of benzene rings is 2. The van der Waals surface area contributed by atoms with Crippen molar-refractivity contribution in [3.8, 4) is 0 Å². The number of anilines is 2. The van der Waals surface area contributed by atoms with Crippen molar-refractivity contribution in [2.24, 2.45) is 0 Å². The van der Waals surface area contributed by atoms with E-state index in [0.29, 0.717) is 21.7 Å². The Balaban J connectivity index is 1.61. The second kappa shape index (κ2) is 8.23. The van der Waals surface area contributed by atoms with Gasteiger partial charge in [-0.25, -0.2) is 0 Å². The first-order chi connectivity index (χ1) is 14.5. The molecule has 9 heteroatoms. The number of carbonyl (C=O) groups excluding carboxylic acids is 1. The van der Waals surface area contributed by atoms with Crippen molar-refractivity contribution in [1.29, 1.82) is 0 Å². The van der Waals surface area contributed by atoms with Crippen LogP contribution < -0.4 is 15.1 Å². The molecule has 2 N–H and O–H groups in total. The fourth-order valence-corrected chi connectivity index (χ4v) is 4.00. The molecule has 2 aromatic heterocycles. The Morgan fingerprint density at radius 2 is 2.03 bits per heavy atom. The van der Waals surface area contributed by atoms with Gasteiger partial charge in [-0.3, -0.25) is 20.1 Å². The molecule has 0 saturated carbocycles. The summed E-state index contributed by atoms with van der Waals surface area (Å²) in [7, 11) is 5.35. The van der Waals surface area contributed by atoms with Gasteiger partial charge in [-0.1, -0.05) is 0 Å². The second-order valence-electron chi connectivity index (χ2n) is 6.74. The van der Waals surface area contributed by atoms with Crippen molar-refractivity contribution in [2.75, 3.05) is 31.6 Å². The molecule has 154 valence electrons. The summed E-state index contributed by atoms with van der Waals surface area (Å²) in [5, 5.41) is 1.51. The molecule has 1 amide bonds. The van der Waals surface area contributed by atoms with Crippen LogP contribution >= 0.6 is 0 Å². The number of nitrogens with zero attached hydrogens (tertiary/aromatic N) is 2. The molecule has 1 unspecified atom stereocenters. The fourth-order valence-electron chi connectivity index (χ4n) is 3.09. The van der Waals surface area contributed by atoms with Crippen LogP contribution in [0.2, 0.25) is 0 Å². The smallest absolute Gasteiger partial charge is 0.328 e. The van der Waals surface area contributed by atoms with Crippen molar-refractivity contribution in [3.05, 3.63) is 60.5 Å². The minimum absolute atomic E-state index is 0.0872. The summed E-state index contributed by atoms with van der Waals surface area (Å²) < 4.78 is 21.1. The summed E-state index contributed by atoms with van der Waals surface area (Å²) in [4.78, 5) is 24.3. The number of nitrogens with one attached hydrogen (secondary N) is 2. The standard InChI is InChI=1S/C21H20N4O4S/c1-25(2)14-7-6-13-11-18(29-17(13)12-14)21(26)24-30(27)19-9-8-16(23-28-3)15-5-4-10-22-20(15)19/h4-12,23H,1-3H3,(H,24,26). The van der Waals surface area contributed by atoms with Crippen LogP contribution in [-0.2, 0) is 16.2 Å². The zero-order chi connectivity index (χ0) is 21.3. The third kappa shape index (κ3) is 3.78. The lowest BCUT2D eigenvalue weighted by Gasteiger charge is -2.13. The first-order valence-corrected chi connectivity index (χ1v) is 10.2. The summed E-state index contributed by atoms with van der Waals surface area (Å²) in [6, 6.07) is 14.2. The van der Waals surface area contributed by atoms with Crippen molar-refractivity contribution in [1.82, 2.24) is 9.71 Å². The largest absolute Gasteiger partial charge is 0.588 e. The summed E-state index contributed by atoms with van der Waals surface area (Å²) in [5.41, 5.74) is 5.48. The molecule has 0 bridgehead atoms. The fraction of sp³-hybridized carbons (Fsp3) is 0.143. The number of furan rings is 1. The molecule has 0 spiro atoms. The van der Waals surface area contributed by atoms with Gasteiger partial charge in [0.25, 0.3) is 0 Å². The lowest BCUT2D eigenvalue weighted by molar-refractivity contribution is 0.0956. The van der Waals surface area contributed by atoms with E-state index >= 15 is 0 Å². The van der Waals surface area contributed by atoms with Gasteiger partial charge in [0.2, 0.25) is 4.90 Å². The number of hydrogen-bond donors (Lipinski definition) is 2. The molecule has 2 aromatic carbocycles. The highest BCUT2D eigenvalue weighted by Gasteiger charge is 2.24. The maximum Gasteiger partial charge on any atom is 0.328 e. The molecule has 4 aromatic rings. The van der Waals surface area contributed by atoms with Gasteiger partial charge < -0.3 is 13.9 Å². The van der Waals surface area contributed by atoms with Gasteiger partial charge in [0.05, 0.1) is 12.8 Å². The van der Waals surface area contributed by atoms with Gasteiger partial charge in [0.1, 0.15) is 22.5 Å². The van der Waals surface area contributed by atoms with Gasteiger partial charge in [-0.15, -0.1) is 0 Å². The molecule has 0 aliphatic carbocycles. The van der Waals surface area contributed by atoms with Crippen molar-refractivity contribution in [3.63, 3.8) is 0 Å². The van der Waals surface area contributed by atoms with Crippen LogP contribution in [-0.4, -0.2) is 36.6 Å². The lowest BCUT2D eigenvalue weighted by atomic mass is 10.2. The third-order valence-electron chi connectivity index (χ3n) is 4.57. The monoisotopic (exact) mass is 424 g/mol. The Kier molecular flexibility index (Phi) is 5.49. The van der Waals surface area contributed by atoms with Gasteiger partial charge in [0, 0.05) is 48.9 Å². The first-order valence-electron chi connectivity index (χ1n) is 9.08. The SMILES string of the molecule is CONc1ccc([S+]([O-])NC(=O)c2cc3ccc(N(C)C)cc3o2)c2ncccc12. The van der Waals surface area contributed by atoms with E-state index in [1.807, 2.05) is 43.3 Å². The first kappa shape index (κ1) is 20.0. The van der Waals surface area contributed by atoms with Crippen LogP contribution in [0.15, 0.2) is 64.0 Å². The minimum Gasteiger partial charge on any atom is -0.588 e. The molecule has 30 heavy (non-hydrogen) atoms. The van der Waals surface area contributed by atoms with Crippen molar-refractivity contribution in [2.45, 2.75) is 4.90 Å². The Bertz CT molecular complexity index is 1220. The summed E-state index contributed by atoms with van der Waals surface area (Å²) in [6.07, 6.45) is 1.60. The van der Waals surface area contributed by atoms with Gasteiger partial charge in [-0.2, -0.15) is 4.72 Å². The van der Waals surface area contributed by atoms with E-state index in [1.54, 1.807) is 30.5 Å². The highest BCUT2D eigenvalue weighted by molar-refractivity contribution is 7.90. The molecule has 0 saturated heterocycles. The normalized spacial score (nSPS) is 12.1. The third-order valence-corrected chi connectivity index (χ3v) is 5.67. The van der Waals surface area contributed by atoms with E-state index in [1.165, 1.54) is 7.11 Å². The van der Waals surface area contributed by atoms with E-state index in [0.717, 1.165) is 16.5 Å². The topological polar surface area (TPSA) is 103 Å². The number of amides is 1. The number of hydrogen-bond acceptors (Lipinski definition) is 7. The van der Waals surface area contributed by atoms with Gasteiger partial charge in [-0.05, 0) is 36.4 Å². The number of pyridine rings is 1. The summed E-state index contributed by atoms with van der Waals surface area (Å²) in [5.74, 6) is -0.483. The maximum absolute atomic E-state index is 12.9. The molecule has 0 fully saturated rings. The van der Waals surface area contributed by atoms with Crippen LogP contribution in [0.1, 0.15) is 10.6 Å². The molecule has 0 aliphatic heterocycles. The quantitative estimate of drug-likeness (QED) is 0.361. The Labute approximate surface area is 176 Å². The van der Waals surface area contributed by atoms with E-state index in [2.05, 4.69) is 15.2 Å². The molecule has 0 radical (unpaired) electrons. The predicted octanol–water partition coefficient (Wildman–Crippen LogP) is 3.47. The Hall–Kier alpha value is -3.27. The number of carbonyl (C=O) groups is 1. The Morgan fingerprint density at radius 3 is 2.80 bits per heavy atom. The highest BCUT2D eigenvalue weighted by atomic mass is 32.2. The van der Waals surface area contributed by atoms with Crippen LogP contribution in [0.4, 0.5) is 11.4 Å². The van der Waals surface area contributed by atoms with E-state index < -0.39 is 17.3 Å². The second-order valence-corrected chi connectivity index (χ2v) is 7.93. The number of fused-ring (bicyclic) bond motifs is 2. The highest BCUT2D eigenvalue weighted by Crippen LogP contribution is 2.28. The molecule has 8 nitrogen and oxygen atoms in total. The predicted molar refractivity (Wildman–Crippen MR) is 117 cm³/mol. The average Bonchev–Trinajstić information content (AvgIpc) is 3.17. The average molecular weight is 424 g/mol. The van der Waals surface area contributed by atoms with Crippen LogP contribution in [0.25, 0.3) is 21.9 Å².